The summed E-state index contributed by atoms with van der Waals surface area (Å²) in [5.74, 6) is 0.813. The van der Waals surface area contributed by atoms with Gasteiger partial charge in [-0.05, 0) is 30.5 Å². The molecule has 2 rings (SSSR count). The van der Waals surface area contributed by atoms with E-state index in [1.165, 1.54) is 25.3 Å². The maximum Gasteiger partial charge on any atom is 0.195 e. The molecule has 1 fully saturated rings. The van der Waals surface area contributed by atoms with Gasteiger partial charge < -0.3 is 9.80 Å². The summed E-state index contributed by atoms with van der Waals surface area (Å²) >= 11 is 0. The number of hydrogen-bond donors (Lipinski definition) is 0. The molecule has 1 aliphatic carbocycles. The highest BCUT2D eigenvalue weighted by Crippen LogP contribution is 2.40. The van der Waals surface area contributed by atoms with E-state index in [1.54, 1.807) is 6.07 Å². The second-order valence-corrected chi connectivity index (χ2v) is 6.76. The van der Waals surface area contributed by atoms with Gasteiger partial charge in [0, 0.05) is 33.6 Å². The number of hydrogen-bond acceptors (Lipinski definition) is 1. The average Bonchev–Trinajstić information content (AvgIpc) is 2.47. The van der Waals surface area contributed by atoms with Gasteiger partial charge in [0.25, 0.3) is 0 Å². The molecule has 22 heavy (non-hydrogen) atoms. The Bertz CT molecular complexity index is 507. The number of halogens is 1. The highest BCUT2D eigenvalue weighted by Gasteiger charge is 2.34. The molecule has 0 spiro atoms. The van der Waals surface area contributed by atoms with Gasteiger partial charge in [-0.3, -0.25) is 4.99 Å². The lowest BCUT2D eigenvalue weighted by molar-refractivity contribution is 0.298. The minimum atomic E-state index is -0.146. The first-order valence-electron chi connectivity index (χ1n) is 8.10. The molecule has 0 unspecified atom stereocenters. The van der Waals surface area contributed by atoms with Crippen LogP contribution in [0.2, 0.25) is 0 Å². The van der Waals surface area contributed by atoms with Crippen molar-refractivity contribution in [3.63, 3.8) is 0 Å². The van der Waals surface area contributed by atoms with Crippen molar-refractivity contribution < 1.29 is 4.39 Å². The summed E-state index contributed by atoms with van der Waals surface area (Å²) in [6.07, 6.45) is 5.85. The maximum atomic E-state index is 13.7. The molecule has 0 saturated heterocycles. The Morgan fingerprint density at radius 2 is 1.73 bits per heavy atom. The maximum absolute atomic E-state index is 13.7. The van der Waals surface area contributed by atoms with E-state index in [-0.39, 0.29) is 11.2 Å². The van der Waals surface area contributed by atoms with Crippen molar-refractivity contribution in [1.82, 2.24) is 9.80 Å². The Balaban J connectivity index is 2.32. The van der Waals surface area contributed by atoms with E-state index < -0.39 is 0 Å². The van der Waals surface area contributed by atoms with Gasteiger partial charge in [0.15, 0.2) is 5.96 Å². The Labute approximate surface area is 133 Å². The summed E-state index contributed by atoms with van der Waals surface area (Å²) < 4.78 is 13.7. The molecule has 1 aliphatic rings. The first-order chi connectivity index (χ1) is 10.4. The molecule has 1 aromatic rings. The molecule has 0 bridgehead atoms. The number of benzene rings is 1. The zero-order valence-corrected chi connectivity index (χ0v) is 14.3. The molecule has 0 N–H and O–H groups in total. The van der Waals surface area contributed by atoms with Crippen molar-refractivity contribution in [2.45, 2.75) is 37.5 Å². The van der Waals surface area contributed by atoms with Crippen LogP contribution in [0.5, 0.6) is 0 Å². The monoisotopic (exact) mass is 305 g/mol. The predicted molar refractivity (Wildman–Crippen MR) is 90.8 cm³/mol. The number of nitrogens with zero attached hydrogens (tertiary/aromatic N) is 3. The lowest BCUT2D eigenvalue weighted by atomic mass is 9.69. The first kappa shape index (κ1) is 16.8. The Morgan fingerprint density at radius 3 is 2.27 bits per heavy atom. The van der Waals surface area contributed by atoms with Crippen molar-refractivity contribution in [2.75, 3.05) is 34.7 Å². The van der Waals surface area contributed by atoms with Crippen LogP contribution in [-0.4, -0.2) is 50.5 Å². The van der Waals surface area contributed by atoms with E-state index in [1.807, 2.05) is 44.1 Å². The molecule has 0 aromatic heterocycles. The van der Waals surface area contributed by atoms with Gasteiger partial charge in [-0.25, -0.2) is 4.39 Å². The van der Waals surface area contributed by atoms with Crippen LogP contribution in [0.25, 0.3) is 0 Å². The lowest BCUT2D eigenvalue weighted by Crippen LogP contribution is -2.38. The molecule has 1 saturated carbocycles. The van der Waals surface area contributed by atoms with Crippen LogP contribution in [-0.2, 0) is 5.41 Å². The smallest absolute Gasteiger partial charge is 0.195 e. The average molecular weight is 305 g/mol. The fourth-order valence-electron chi connectivity index (χ4n) is 3.49. The van der Waals surface area contributed by atoms with Gasteiger partial charge in [-0.1, -0.05) is 31.4 Å². The third kappa shape index (κ3) is 3.79. The molecular formula is C18H28FN3. The summed E-state index contributed by atoms with van der Waals surface area (Å²) in [4.78, 5) is 8.93. The van der Waals surface area contributed by atoms with Gasteiger partial charge in [0.2, 0.25) is 0 Å². The third-order valence-corrected chi connectivity index (χ3v) is 4.57. The lowest BCUT2D eigenvalue weighted by Gasteiger charge is -2.37. The zero-order valence-electron chi connectivity index (χ0n) is 14.3. The van der Waals surface area contributed by atoms with E-state index in [4.69, 9.17) is 4.99 Å². The third-order valence-electron chi connectivity index (χ3n) is 4.57. The van der Waals surface area contributed by atoms with Gasteiger partial charge in [-0.15, -0.1) is 0 Å². The number of aliphatic imine (C=N–C) groups is 1. The summed E-state index contributed by atoms with van der Waals surface area (Å²) in [6, 6.07) is 7.11. The van der Waals surface area contributed by atoms with Gasteiger partial charge >= 0.3 is 0 Å². The molecule has 3 nitrogen and oxygen atoms in total. The Hall–Kier alpha value is -1.58. The van der Waals surface area contributed by atoms with Crippen LogP contribution in [0.1, 0.15) is 37.7 Å². The van der Waals surface area contributed by atoms with Crippen LogP contribution >= 0.6 is 0 Å². The predicted octanol–water partition coefficient (Wildman–Crippen LogP) is 3.51. The van der Waals surface area contributed by atoms with Crippen LogP contribution in [0.3, 0.4) is 0 Å². The molecule has 1 aromatic carbocycles. The summed E-state index contributed by atoms with van der Waals surface area (Å²) in [5.41, 5.74) is 1.09. The first-order valence-corrected chi connectivity index (χ1v) is 8.10. The van der Waals surface area contributed by atoms with Gasteiger partial charge in [-0.2, -0.15) is 0 Å². The van der Waals surface area contributed by atoms with E-state index >= 15 is 0 Å². The van der Waals surface area contributed by atoms with Crippen molar-refractivity contribution in [2.24, 2.45) is 4.99 Å². The largest absolute Gasteiger partial charge is 0.349 e. The SMILES string of the molecule is CN(C)C(=NCC1(c2cccc(F)c2)CCCCC1)N(C)C. The quantitative estimate of drug-likeness (QED) is 0.628. The van der Waals surface area contributed by atoms with Crippen LogP contribution < -0.4 is 0 Å². The molecular weight excluding hydrogens is 277 g/mol. The minimum Gasteiger partial charge on any atom is -0.349 e. The number of rotatable bonds is 3. The molecule has 4 heteroatoms. The second-order valence-electron chi connectivity index (χ2n) is 6.76. The van der Waals surface area contributed by atoms with E-state index in [0.717, 1.165) is 30.9 Å². The fraction of sp³-hybridized carbons (Fsp3) is 0.611. The van der Waals surface area contributed by atoms with Gasteiger partial charge in [0.05, 0.1) is 6.54 Å². The normalized spacial score (nSPS) is 17.0. The minimum absolute atomic E-state index is 0.0162. The second kappa shape index (κ2) is 7.12. The molecule has 122 valence electrons. The number of guanidine groups is 1. The Kier molecular flexibility index (Phi) is 5.43. The standard InChI is InChI=1S/C18H28FN3/c1-21(2)17(22(3)4)20-14-18(11-6-5-7-12-18)15-9-8-10-16(19)13-15/h8-10,13H,5-7,11-12,14H2,1-4H3. The Morgan fingerprint density at radius 1 is 1.09 bits per heavy atom. The van der Waals surface area contributed by atoms with Crippen molar-refractivity contribution >= 4 is 5.96 Å². The van der Waals surface area contributed by atoms with E-state index in [2.05, 4.69) is 6.07 Å². The highest BCUT2D eigenvalue weighted by molar-refractivity contribution is 5.79. The van der Waals surface area contributed by atoms with Crippen LogP contribution in [0.4, 0.5) is 4.39 Å². The zero-order chi connectivity index (χ0) is 16.2. The molecule has 0 radical (unpaired) electrons. The summed E-state index contributed by atoms with van der Waals surface area (Å²) in [6.45, 7) is 0.724. The van der Waals surface area contributed by atoms with Gasteiger partial charge in [0.1, 0.15) is 5.82 Å². The summed E-state index contributed by atoms with van der Waals surface area (Å²) in [5, 5.41) is 0. The molecule has 0 heterocycles. The van der Waals surface area contributed by atoms with E-state index in [0.29, 0.717) is 0 Å². The fourth-order valence-corrected chi connectivity index (χ4v) is 3.49. The highest BCUT2D eigenvalue weighted by atomic mass is 19.1. The molecule has 0 atom stereocenters. The van der Waals surface area contributed by atoms with E-state index in [9.17, 15) is 4.39 Å². The van der Waals surface area contributed by atoms with Crippen LogP contribution in [0.15, 0.2) is 29.3 Å². The molecule has 0 amide bonds. The summed E-state index contributed by atoms with van der Waals surface area (Å²) in [7, 11) is 8.03. The molecule has 0 aliphatic heterocycles. The van der Waals surface area contributed by atoms with Crippen molar-refractivity contribution in [3.8, 4) is 0 Å². The van der Waals surface area contributed by atoms with Crippen molar-refractivity contribution in [3.05, 3.63) is 35.6 Å². The van der Waals surface area contributed by atoms with Crippen molar-refractivity contribution in [1.29, 1.82) is 0 Å². The van der Waals surface area contributed by atoms with Crippen LogP contribution in [0, 0.1) is 5.82 Å². The topological polar surface area (TPSA) is 18.8 Å².